The summed E-state index contributed by atoms with van der Waals surface area (Å²) in [5, 5.41) is 4.25. The average molecular weight is 352 g/mol. The van der Waals surface area contributed by atoms with Crippen LogP contribution in [0.4, 0.5) is 5.69 Å². The van der Waals surface area contributed by atoms with Crippen molar-refractivity contribution in [2.75, 3.05) is 11.9 Å². The smallest absolute Gasteiger partial charge is 0.0476 e. The molecule has 0 unspecified atom stereocenters. The Morgan fingerprint density at radius 3 is 2.62 bits per heavy atom. The van der Waals surface area contributed by atoms with E-state index in [0.29, 0.717) is 0 Å². The van der Waals surface area contributed by atoms with Gasteiger partial charge in [0.2, 0.25) is 0 Å². The van der Waals surface area contributed by atoms with Crippen LogP contribution in [0.5, 0.6) is 0 Å². The summed E-state index contributed by atoms with van der Waals surface area (Å²) in [5.74, 6) is 0. The van der Waals surface area contributed by atoms with E-state index in [2.05, 4.69) is 40.9 Å². The van der Waals surface area contributed by atoms with Crippen LogP contribution >= 0.6 is 34.2 Å². The topological polar surface area (TPSA) is 12.0 Å². The minimum atomic E-state index is 0.804. The normalized spacial score (nSPS) is 10.4. The summed E-state index contributed by atoms with van der Waals surface area (Å²) in [7, 11) is 0. The van der Waals surface area contributed by atoms with E-state index in [1.165, 1.54) is 41.4 Å². The van der Waals surface area contributed by atoms with Gasteiger partial charge in [-0.05, 0) is 47.2 Å². The van der Waals surface area contributed by atoms with Gasteiger partial charge in [-0.1, -0.05) is 44.2 Å². The molecular formula is C13H19ClIN. The zero-order valence-electron chi connectivity index (χ0n) is 9.73. The molecule has 0 saturated heterocycles. The number of benzene rings is 1. The first-order valence-electron chi connectivity index (χ1n) is 5.93. The SMILES string of the molecule is CCCCCCCNc1ccc(Cl)cc1I. The standard InChI is InChI=1S/C13H19ClIN/c1-2-3-4-5-6-9-16-13-8-7-11(14)10-12(13)15/h7-8,10,16H,2-6,9H2,1H3. The zero-order chi connectivity index (χ0) is 11.8. The Morgan fingerprint density at radius 2 is 1.94 bits per heavy atom. The van der Waals surface area contributed by atoms with Gasteiger partial charge in [0.25, 0.3) is 0 Å². The molecule has 1 N–H and O–H groups in total. The van der Waals surface area contributed by atoms with Crippen molar-refractivity contribution in [2.45, 2.75) is 39.0 Å². The van der Waals surface area contributed by atoms with Gasteiger partial charge in [-0.2, -0.15) is 0 Å². The number of rotatable bonds is 7. The van der Waals surface area contributed by atoms with Crippen molar-refractivity contribution in [3.05, 3.63) is 26.8 Å². The minimum Gasteiger partial charge on any atom is -0.384 e. The quantitative estimate of drug-likeness (QED) is 0.517. The van der Waals surface area contributed by atoms with Crippen LogP contribution in [0.3, 0.4) is 0 Å². The molecule has 0 aliphatic heterocycles. The van der Waals surface area contributed by atoms with Gasteiger partial charge in [0.1, 0.15) is 0 Å². The molecule has 0 fully saturated rings. The van der Waals surface area contributed by atoms with Gasteiger partial charge in [-0.25, -0.2) is 0 Å². The highest BCUT2D eigenvalue weighted by Gasteiger charge is 1.99. The van der Waals surface area contributed by atoms with Crippen LogP contribution in [0, 0.1) is 3.57 Å². The maximum atomic E-state index is 5.90. The van der Waals surface area contributed by atoms with Crippen molar-refractivity contribution in [3.8, 4) is 0 Å². The molecule has 0 atom stereocenters. The maximum absolute atomic E-state index is 5.90. The fourth-order valence-corrected chi connectivity index (χ4v) is 2.65. The van der Waals surface area contributed by atoms with E-state index in [9.17, 15) is 0 Å². The van der Waals surface area contributed by atoms with Crippen LogP contribution in [0.15, 0.2) is 18.2 Å². The molecule has 0 amide bonds. The number of anilines is 1. The molecule has 0 aliphatic rings. The largest absolute Gasteiger partial charge is 0.384 e. The summed E-state index contributed by atoms with van der Waals surface area (Å²) in [4.78, 5) is 0. The first-order chi connectivity index (χ1) is 7.74. The highest BCUT2D eigenvalue weighted by atomic mass is 127. The van der Waals surface area contributed by atoms with Crippen molar-refractivity contribution in [2.24, 2.45) is 0 Å². The Hall–Kier alpha value is 0.0400. The van der Waals surface area contributed by atoms with E-state index >= 15 is 0 Å². The molecule has 16 heavy (non-hydrogen) atoms. The van der Waals surface area contributed by atoms with Crippen LogP contribution in [-0.2, 0) is 0 Å². The van der Waals surface area contributed by atoms with E-state index in [-0.39, 0.29) is 0 Å². The third-order valence-electron chi connectivity index (χ3n) is 2.53. The molecule has 3 heteroatoms. The molecule has 0 spiro atoms. The number of nitrogens with one attached hydrogen (secondary N) is 1. The molecule has 0 radical (unpaired) electrons. The zero-order valence-corrected chi connectivity index (χ0v) is 12.6. The fourth-order valence-electron chi connectivity index (χ4n) is 1.58. The molecule has 0 aromatic heterocycles. The predicted octanol–water partition coefficient (Wildman–Crippen LogP) is 5.33. The van der Waals surface area contributed by atoms with Gasteiger partial charge < -0.3 is 5.32 Å². The van der Waals surface area contributed by atoms with Crippen LogP contribution in [0.2, 0.25) is 5.02 Å². The van der Waals surface area contributed by atoms with Crippen LogP contribution in [0.25, 0.3) is 0 Å². The summed E-state index contributed by atoms with van der Waals surface area (Å²) >= 11 is 8.22. The van der Waals surface area contributed by atoms with Gasteiger partial charge in [-0.3, -0.25) is 0 Å². The molecule has 0 bridgehead atoms. The third kappa shape index (κ3) is 5.39. The minimum absolute atomic E-state index is 0.804. The Labute approximate surface area is 117 Å². The molecule has 0 heterocycles. The van der Waals surface area contributed by atoms with Gasteiger partial charge in [-0.15, -0.1) is 0 Å². The lowest BCUT2D eigenvalue weighted by Gasteiger charge is -2.08. The number of hydrogen-bond acceptors (Lipinski definition) is 1. The van der Waals surface area contributed by atoms with Crippen molar-refractivity contribution in [1.29, 1.82) is 0 Å². The molecule has 1 rings (SSSR count). The first kappa shape index (κ1) is 14.1. The third-order valence-corrected chi connectivity index (χ3v) is 3.65. The van der Waals surface area contributed by atoms with Crippen molar-refractivity contribution >= 4 is 39.9 Å². The van der Waals surface area contributed by atoms with Gasteiger partial charge in [0.15, 0.2) is 0 Å². The second-order valence-corrected chi connectivity index (χ2v) is 5.56. The highest BCUT2D eigenvalue weighted by Crippen LogP contribution is 2.22. The summed E-state index contributed by atoms with van der Waals surface area (Å²) < 4.78 is 1.19. The first-order valence-corrected chi connectivity index (χ1v) is 7.38. The lowest BCUT2D eigenvalue weighted by Crippen LogP contribution is -2.02. The second-order valence-electron chi connectivity index (χ2n) is 3.97. The van der Waals surface area contributed by atoms with Crippen molar-refractivity contribution < 1.29 is 0 Å². The van der Waals surface area contributed by atoms with E-state index in [0.717, 1.165) is 11.6 Å². The Kier molecular flexibility index (Phi) is 7.21. The number of unbranched alkanes of at least 4 members (excludes halogenated alkanes) is 4. The van der Waals surface area contributed by atoms with Gasteiger partial charge in [0.05, 0.1) is 0 Å². The summed E-state index contributed by atoms with van der Waals surface area (Å²) in [5.41, 5.74) is 1.19. The van der Waals surface area contributed by atoms with Crippen LogP contribution in [0.1, 0.15) is 39.0 Å². The maximum Gasteiger partial charge on any atom is 0.0476 e. The van der Waals surface area contributed by atoms with Crippen LogP contribution in [-0.4, -0.2) is 6.54 Å². The second kappa shape index (κ2) is 8.18. The van der Waals surface area contributed by atoms with E-state index in [4.69, 9.17) is 11.6 Å². The molecule has 1 aromatic carbocycles. The Morgan fingerprint density at radius 1 is 1.19 bits per heavy atom. The lowest BCUT2D eigenvalue weighted by molar-refractivity contribution is 0.645. The predicted molar refractivity (Wildman–Crippen MR) is 81.4 cm³/mol. The number of halogens is 2. The van der Waals surface area contributed by atoms with Gasteiger partial charge in [0, 0.05) is 20.8 Å². The summed E-state index contributed by atoms with van der Waals surface area (Å²) in [6.07, 6.45) is 6.60. The molecule has 90 valence electrons. The van der Waals surface area contributed by atoms with E-state index in [1.54, 1.807) is 0 Å². The average Bonchev–Trinajstić information content (AvgIpc) is 2.26. The van der Waals surface area contributed by atoms with Crippen molar-refractivity contribution in [3.63, 3.8) is 0 Å². The van der Waals surface area contributed by atoms with Crippen molar-refractivity contribution in [1.82, 2.24) is 0 Å². The van der Waals surface area contributed by atoms with Gasteiger partial charge >= 0.3 is 0 Å². The van der Waals surface area contributed by atoms with E-state index < -0.39 is 0 Å². The number of hydrogen-bond donors (Lipinski definition) is 1. The molecule has 0 aliphatic carbocycles. The van der Waals surface area contributed by atoms with E-state index in [1.807, 2.05) is 12.1 Å². The summed E-state index contributed by atoms with van der Waals surface area (Å²) in [6.45, 7) is 3.30. The Balaban J connectivity index is 2.21. The molecule has 0 saturated carbocycles. The fraction of sp³-hybridized carbons (Fsp3) is 0.538. The summed E-state index contributed by atoms with van der Waals surface area (Å²) in [6, 6.07) is 5.97. The molecule has 1 aromatic rings. The molecular weight excluding hydrogens is 333 g/mol. The monoisotopic (exact) mass is 351 g/mol. The molecule has 1 nitrogen and oxygen atoms in total. The van der Waals surface area contributed by atoms with Crippen LogP contribution < -0.4 is 5.32 Å². The Bertz CT molecular complexity index is 315. The lowest BCUT2D eigenvalue weighted by atomic mass is 10.1. The highest BCUT2D eigenvalue weighted by molar-refractivity contribution is 14.1.